The largest absolute Gasteiger partial charge is 0.426 e. The van der Waals surface area contributed by atoms with Crippen molar-refractivity contribution >= 4 is 23.2 Å². The lowest BCUT2D eigenvalue weighted by Crippen LogP contribution is -2.47. The molecule has 1 aromatic heterocycles. The highest BCUT2D eigenvalue weighted by Gasteiger charge is 2.26. The van der Waals surface area contributed by atoms with Crippen molar-refractivity contribution in [2.45, 2.75) is 12.8 Å². The Labute approximate surface area is 170 Å². The predicted octanol–water partition coefficient (Wildman–Crippen LogP) is 3.31. The average Bonchev–Trinajstić information content (AvgIpc) is 3.50. The van der Waals surface area contributed by atoms with Gasteiger partial charge in [-0.2, -0.15) is 0 Å². The predicted molar refractivity (Wildman–Crippen MR) is 114 cm³/mol. The summed E-state index contributed by atoms with van der Waals surface area (Å²) in [7, 11) is 2.00. The van der Waals surface area contributed by atoms with Crippen molar-refractivity contribution < 1.29 is 9.53 Å². The molecule has 0 bridgehead atoms. The third-order valence-corrected chi connectivity index (χ3v) is 6.10. The second kappa shape index (κ2) is 7.52. The summed E-state index contributed by atoms with van der Waals surface area (Å²) >= 11 is 0. The number of imidazole rings is 1. The van der Waals surface area contributed by atoms with Gasteiger partial charge in [-0.25, -0.2) is 4.98 Å². The number of para-hydroxylation sites is 1. The zero-order chi connectivity index (χ0) is 19.8. The summed E-state index contributed by atoms with van der Waals surface area (Å²) in [5.74, 6) is 2.31. The fourth-order valence-electron chi connectivity index (χ4n) is 4.29. The number of benzene rings is 2. The molecular formula is C23H26N4O2. The van der Waals surface area contributed by atoms with E-state index in [2.05, 4.69) is 38.6 Å². The summed E-state index contributed by atoms with van der Waals surface area (Å²) in [6.45, 7) is 6.14. The van der Waals surface area contributed by atoms with E-state index in [0.29, 0.717) is 17.7 Å². The van der Waals surface area contributed by atoms with E-state index in [0.717, 1.165) is 49.0 Å². The minimum atomic E-state index is 0.451. The Morgan fingerprint density at radius 2 is 1.90 bits per heavy atom. The highest BCUT2D eigenvalue weighted by atomic mass is 16.5. The van der Waals surface area contributed by atoms with Gasteiger partial charge in [0.1, 0.15) is 11.3 Å². The van der Waals surface area contributed by atoms with E-state index >= 15 is 0 Å². The Bertz CT molecular complexity index is 1030. The Hall–Kier alpha value is -2.86. The van der Waals surface area contributed by atoms with Crippen molar-refractivity contribution in [3.05, 3.63) is 42.5 Å². The topological polar surface area (TPSA) is 50.6 Å². The maximum absolute atomic E-state index is 10.8. The number of aromatic nitrogens is 2. The molecule has 1 aliphatic carbocycles. The number of carbonyl (C=O) groups is 1. The lowest BCUT2D eigenvalue weighted by molar-refractivity contribution is -0.120. The number of nitrogens with zero attached hydrogens (tertiary/aromatic N) is 4. The second-order valence-electron chi connectivity index (χ2n) is 8.11. The molecule has 2 aromatic carbocycles. The van der Waals surface area contributed by atoms with Gasteiger partial charge in [-0.1, -0.05) is 18.2 Å². The standard InChI is InChI=1S/C23H26N4O2/c1-25-20-6-3-7-21(29-16-28)22(20)24-23(25)18-4-2-5-19(14-18)27-12-10-26(11-13-27)15-17-8-9-17/h2-7,14,16-17H,8-13,15H2,1H3. The molecule has 0 amide bonds. The smallest absolute Gasteiger partial charge is 0.298 e. The van der Waals surface area contributed by atoms with Crippen molar-refractivity contribution in [1.29, 1.82) is 0 Å². The van der Waals surface area contributed by atoms with Crippen LogP contribution in [-0.2, 0) is 11.8 Å². The molecule has 1 saturated carbocycles. The minimum Gasteiger partial charge on any atom is -0.426 e. The molecule has 6 heteroatoms. The molecule has 0 atom stereocenters. The van der Waals surface area contributed by atoms with Gasteiger partial charge in [0, 0.05) is 51.0 Å². The van der Waals surface area contributed by atoms with Crippen LogP contribution in [0.25, 0.3) is 22.4 Å². The van der Waals surface area contributed by atoms with E-state index in [4.69, 9.17) is 9.72 Å². The second-order valence-corrected chi connectivity index (χ2v) is 8.11. The van der Waals surface area contributed by atoms with Gasteiger partial charge in [0.15, 0.2) is 5.75 Å². The zero-order valence-electron chi connectivity index (χ0n) is 16.8. The van der Waals surface area contributed by atoms with Gasteiger partial charge in [-0.15, -0.1) is 0 Å². The summed E-state index contributed by atoms with van der Waals surface area (Å²) < 4.78 is 7.17. The third-order valence-electron chi connectivity index (χ3n) is 6.10. The average molecular weight is 390 g/mol. The number of anilines is 1. The molecule has 3 aromatic rings. The van der Waals surface area contributed by atoms with Crippen molar-refractivity contribution in [3.63, 3.8) is 0 Å². The van der Waals surface area contributed by atoms with Gasteiger partial charge in [-0.3, -0.25) is 9.69 Å². The lowest BCUT2D eigenvalue weighted by Gasteiger charge is -2.36. The summed E-state index contributed by atoms with van der Waals surface area (Å²) in [6, 6.07) is 14.2. The number of ether oxygens (including phenoxy) is 1. The van der Waals surface area contributed by atoms with Crippen LogP contribution in [0.1, 0.15) is 12.8 Å². The molecule has 0 spiro atoms. The summed E-state index contributed by atoms with van der Waals surface area (Å²) in [6.07, 6.45) is 2.83. The van der Waals surface area contributed by atoms with Gasteiger partial charge < -0.3 is 14.2 Å². The van der Waals surface area contributed by atoms with Gasteiger partial charge in [-0.05, 0) is 43.0 Å². The SMILES string of the molecule is Cn1c(-c2cccc(N3CCN(CC4CC4)CC3)c2)nc2c(OC=O)cccc21. The zero-order valence-corrected chi connectivity index (χ0v) is 16.8. The fourth-order valence-corrected chi connectivity index (χ4v) is 4.29. The van der Waals surface area contributed by atoms with Crippen LogP contribution in [0.2, 0.25) is 0 Å². The minimum absolute atomic E-state index is 0.451. The Kier molecular flexibility index (Phi) is 4.72. The number of piperazine rings is 1. The van der Waals surface area contributed by atoms with Gasteiger partial charge in [0.2, 0.25) is 0 Å². The highest BCUT2D eigenvalue weighted by Crippen LogP contribution is 2.32. The molecule has 2 heterocycles. The first-order valence-electron chi connectivity index (χ1n) is 10.4. The van der Waals surface area contributed by atoms with E-state index in [9.17, 15) is 4.79 Å². The van der Waals surface area contributed by atoms with Crippen LogP contribution in [0.15, 0.2) is 42.5 Å². The van der Waals surface area contributed by atoms with E-state index in [-0.39, 0.29) is 0 Å². The molecule has 2 fully saturated rings. The number of aryl methyl sites for hydroxylation is 1. The first-order chi connectivity index (χ1) is 14.2. The van der Waals surface area contributed by atoms with Crippen LogP contribution in [0.5, 0.6) is 5.75 Å². The number of hydrogen-bond donors (Lipinski definition) is 0. The van der Waals surface area contributed by atoms with Gasteiger partial charge in [0.05, 0.1) is 5.52 Å². The van der Waals surface area contributed by atoms with Crippen molar-refractivity contribution in [3.8, 4) is 17.1 Å². The quantitative estimate of drug-likeness (QED) is 0.605. The van der Waals surface area contributed by atoms with Crippen molar-refractivity contribution in [1.82, 2.24) is 14.5 Å². The summed E-state index contributed by atoms with van der Waals surface area (Å²) in [5.41, 5.74) is 3.96. The van der Waals surface area contributed by atoms with Crippen LogP contribution in [-0.4, -0.2) is 53.6 Å². The first-order valence-corrected chi connectivity index (χ1v) is 10.4. The van der Waals surface area contributed by atoms with Crippen LogP contribution in [0, 0.1) is 5.92 Å². The molecular weight excluding hydrogens is 364 g/mol. The van der Waals surface area contributed by atoms with E-state index in [1.807, 2.05) is 19.2 Å². The number of carbonyl (C=O) groups excluding carboxylic acids is 1. The van der Waals surface area contributed by atoms with Crippen molar-refractivity contribution in [2.75, 3.05) is 37.6 Å². The molecule has 1 saturated heterocycles. The fraction of sp³-hybridized carbons (Fsp3) is 0.391. The first kappa shape index (κ1) is 18.2. The van der Waals surface area contributed by atoms with E-state index in [1.54, 1.807) is 6.07 Å². The molecule has 29 heavy (non-hydrogen) atoms. The van der Waals surface area contributed by atoms with Crippen LogP contribution in [0.3, 0.4) is 0 Å². The van der Waals surface area contributed by atoms with Crippen molar-refractivity contribution in [2.24, 2.45) is 13.0 Å². The maximum atomic E-state index is 10.8. The molecule has 2 aliphatic rings. The van der Waals surface area contributed by atoms with Crippen LogP contribution < -0.4 is 9.64 Å². The summed E-state index contributed by atoms with van der Waals surface area (Å²) in [5, 5.41) is 0. The normalized spacial score (nSPS) is 17.6. The van der Waals surface area contributed by atoms with Gasteiger partial charge >= 0.3 is 0 Å². The van der Waals surface area contributed by atoms with Gasteiger partial charge in [0.25, 0.3) is 6.47 Å². The number of rotatable bonds is 6. The highest BCUT2D eigenvalue weighted by molar-refractivity contribution is 5.87. The molecule has 0 radical (unpaired) electrons. The van der Waals surface area contributed by atoms with E-state index in [1.165, 1.54) is 25.1 Å². The Morgan fingerprint density at radius 1 is 1.10 bits per heavy atom. The maximum Gasteiger partial charge on any atom is 0.298 e. The number of fused-ring (bicyclic) bond motifs is 1. The van der Waals surface area contributed by atoms with Crippen LogP contribution >= 0.6 is 0 Å². The molecule has 150 valence electrons. The molecule has 1 aliphatic heterocycles. The molecule has 5 rings (SSSR count). The monoisotopic (exact) mass is 390 g/mol. The molecule has 0 unspecified atom stereocenters. The Morgan fingerprint density at radius 3 is 2.66 bits per heavy atom. The van der Waals surface area contributed by atoms with Crippen LogP contribution in [0.4, 0.5) is 5.69 Å². The molecule has 6 nitrogen and oxygen atoms in total. The number of hydrogen-bond acceptors (Lipinski definition) is 5. The van der Waals surface area contributed by atoms with E-state index < -0.39 is 0 Å². The third kappa shape index (κ3) is 3.60. The molecule has 0 N–H and O–H groups in total. The lowest BCUT2D eigenvalue weighted by atomic mass is 10.1. The summed E-state index contributed by atoms with van der Waals surface area (Å²) in [4.78, 5) is 20.7. The Balaban J connectivity index is 1.40.